The van der Waals surface area contributed by atoms with Gasteiger partial charge in [0.05, 0.1) is 34.7 Å². The largest absolute Gasteiger partial charge is 0.298 e. The molecule has 3 rings (SSSR count). The van der Waals surface area contributed by atoms with Crippen molar-refractivity contribution in [3.63, 3.8) is 0 Å². The maximum absolute atomic E-state index is 8.86. The summed E-state index contributed by atoms with van der Waals surface area (Å²) < 4.78 is 1.78. The molecule has 19 heavy (non-hydrogen) atoms. The molecular formula is C12H5Cl2N5. The summed E-state index contributed by atoms with van der Waals surface area (Å²) in [6.45, 7) is 0. The first-order valence-corrected chi connectivity index (χ1v) is 6.00. The van der Waals surface area contributed by atoms with Gasteiger partial charge in [-0.3, -0.25) is 4.40 Å². The molecule has 0 fully saturated rings. The van der Waals surface area contributed by atoms with Crippen LogP contribution in [0.25, 0.3) is 17.0 Å². The number of fused-ring (bicyclic) bond motifs is 1. The summed E-state index contributed by atoms with van der Waals surface area (Å²) in [6.07, 6.45) is 4.80. The fraction of sp³-hybridized carbons (Fsp3) is 0. The van der Waals surface area contributed by atoms with Crippen LogP contribution >= 0.6 is 23.2 Å². The molecule has 7 heteroatoms. The minimum atomic E-state index is 0.114. The van der Waals surface area contributed by atoms with Crippen LogP contribution in [0.1, 0.15) is 5.56 Å². The molecular weight excluding hydrogens is 285 g/mol. The Labute approximate surface area is 118 Å². The van der Waals surface area contributed by atoms with Gasteiger partial charge in [0, 0.05) is 6.20 Å². The van der Waals surface area contributed by atoms with Crippen LogP contribution in [0.15, 0.2) is 30.7 Å². The first kappa shape index (κ1) is 11.9. The van der Waals surface area contributed by atoms with E-state index in [-0.39, 0.29) is 5.28 Å². The highest BCUT2D eigenvalue weighted by Crippen LogP contribution is 2.27. The van der Waals surface area contributed by atoms with E-state index in [1.807, 2.05) is 0 Å². The van der Waals surface area contributed by atoms with Crippen molar-refractivity contribution in [2.45, 2.75) is 0 Å². The van der Waals surface area contributed by atoms with Crippen LogP contribution in [0, 0.1) is 11.3 Å². The average molecular weight is 290 g/mol. The third-order valence-electron chi connectivity index (χ3n) is 2.60. The normalized spacial score (nSPS) is 10.6. The molecule has 0 spiro atoms. The second kappa shape index (κ2) is 4.50. The van der Waals surface area contributed by atoms with E-state index < -0.39 is 0 Å². The van der Waals surface area contributed by atoms with Gasteiger partial charge in [-0.1, -0.05) is 11.6 Å². The topological polar surface area (TPSA) is 66.9 Å². The van der Waals surface area contributed by atoms with Gasteiger partial charge in [-0.2, -0.15) is 5.26 Å². The summed E-state index contributed by atoms with van der Waals surface area (Å²) in [4.78, 5) is 12.1. The van der Waals surface area contributed by atoms with E-state index in [1.165, 1.54) is 6.20 Å². The van der Waals surface area contributed by atoms with Crippen LogP contribution in [-0.4, -0.2) is 19.4 Å². The Bertz CT molecular complexity index is 819. The van der Waals surface area contributed by atoms with E-state index in [2.05, 4.69) is 21.0 Å². The molecule has 0 radical (unpaired) electrons. The van der Waals surface area contributed by atoms with E-state index in [4.69, 9.17) is 28.5 Å². The van der Waals surface area contributed by atoms with E-state index >= 15 is 0 Å². The van der Waals surface area contributed by atoms with Crippen LogP contribution < -0.4 is 0 Å². The van der Waals surface area contributed by atoms with Crippen LogP contribution in [0.4, 0.5) is 0 Å². The summed E-state index contributed by atoms with van der Waals surface area (Å²) >= 11 is 11.8. The van der Waals surface area contributed by atoms with Gasteiger partial charge in [0.25, 0.3) is 0 Å². The Kier molecular flexibility index (Phi) is 2.82. The molecule has 0 bridgehead atoms. The van der Waals surface area contributed by atoms with E-state index in [0.717, 1.165) is 0 Å². The maximum atomic E-state index is 8.86. The average Bonchev–Trinajstić information content (AvgIpc) is 2.84. The van der Waals surface area contributed by atoms with Crippen molar-refractivity contribution in [2.75, 3.05) is 0 Å². The summed E-state index contributed by atoms with van der Waals surface area (Å²) in [5, 5.41) is 9.35. The van der Waals surface area contributed by atoms with Crippen LogP contribution in [0.2, 0.25) is 10.3 Å². The highest BCUT2D eigenvalue weighted by molar-refractivity contribution is 6.33. The summed E-state index contributed by atoms with van der Waals surface area (Å²) in [6, 6.07) is 5.43. The van der Waals surface area contributed by atoms with E-state index in [0.29, 0.717) is 27.6 Å². The lowest BCUT2D eigenvalue weighted by Gasteiger charge is -2.03. The number of aromatic nitrogens is 4. The number of hydrogen-bond donors (Lipinski definition) is 0. The Morgan fingerprint density at radius 3 is 2.84 bits per heavy atom. The number of rotatable bonds is 1. The number of nitriles is 1. The highest BCUT2D eigenvalue weighted by atomic mass is 35.5. The smallest absolute Gasteiger partial charge is 0.223 e. The van der Waals surface area contributed by atoms with Gasteiger partial charge in [0.2, 0.25) is 5.28 Å². The molecule has 0 N–H and O–H groups in total. The van der Waals surface area contributed by atoms with Crippen molar-refractivity contribution in [2.24, 2.45) is 0 Å². The molecule has 0 aliphatic heterocycles. The fourth-order valence-electron chi connectivity index (χ4n) is 1.75. The molecule has 0 aromatic carbocycles. The molecule has 0 aliphatic rings. The summed E-state index contributed by atoms with van der Waals surface area (Å²) in [5.74, 6) is 0. The SMILES string of the molecule is N#Cc1ccn2c(-c3nc(Cl)ncc3Cl)cnc2c1. The fourth-order valence-corrected chi connectivity index (χ4v) is 2.07. The maximum Gasteiger partial charge on any atom is 0.223 e. The molecule has 0 unspecified atom stereocenters. The predicted molar refractivity (Wildman–Crippen MR) is 71.0 cm³/mol. The van der Waals surface area contributed by atoms with Crippen LogP contribution in [-0.2, 0) is 0 Å². The lowest BCUT2D eigenvalue weighted by molar-refractivity contribution is 1.12. The van der Waals surface area contributed by atoms with Gasteiger partial charge in [0.15, 0.2) is 0 Å². The molecule has 0 saturated heterocycles. The monoisotopic (exact) mass is 289 g/mol. The van der Waals surface area contributed by atoms with Crippen molar-refractivity contribution in [1.29, 1.82) is 5.26 Å². The van der Waals surface area contributed by atoms with Crippen molar-refractivity contribution in [3.05, 3.63) is 46.6 Å². The second-order valence-corrected chi connectivity index (χ2v) is 4.48. The van der Waals surface area contributed by atoms with Crippen molar-refractivity contribution < 1.29 is 0 Å². The Balaban J connectivity index is 2.26. The molecule has 0 aliphatic carbocycles. The number of nitrogens with zero attached hydrogens (tertiary/aromatic N) is 5. The van der Waals surface area contributed by atoms with Gasteiger partial charge < -0.3 is 0 Å². The Morgan fingerprint density at radius 1 is 1.21 bits per heavy atom. The molecule has 92 valence electrons. The zero-order chi connectivity index (χ0) is 13.4. The first-order valence-electron chi connectivity index (χ1n) is 5.24. The second-order valence-electron chi connectivity index (χ2n) is 3.73. The number of halogens is 2. The summed E-state index contributed by atoms with van der Waals surface area (Å²) in [7, 11) is 0. The molecule has 0 amide bonds. The lowest BCUT2D eigenvalue weighted by Crippen LogP contribution is -1.93. The minimum Gasteiger partial charge on any atom is -0.298 e. The molecule has 0 atom stereocenters. The molecule has 3 heterocycles. The number of hydrogen-bond acceptors (Lipinski definition) is 4. The van der Waals surface area contributed by atoms with Crippen molar-refractivity contribution in [3.8, 4) is 17.5 Å². The quantitative estimate of drug-likeness (QED) is 0.646. The third-order valence-corrected chi connectivity index (χ3v) is 3.06. The predicted octanol–water partition coefficient (Wildman–Crippen LogP) is 2.97. The van der Waals surface area contributed by atoms with Gasteiger partial charge >= 0.3 is 0 Å². The first-order chi connectivity index (χ1) is 9.19. The van der Waals surface area contributed by atoms with Crippen molar-refractivity contribution >= 4 is 28.8 Å². The number of imidazole rings is 1. The zero-order valence-corrected chi connectivity index (χ0v) is 10.9. The standard InChI is InChI=1S/C12H5Cl2N5/c13-8-5-17-12(14)18-11(8)9-6-16-10-3-7(4-15)1-2-19(9)10/h1-3,5-6H. The van der Waals surface area contributed by atoms with Crippen molar-refractivity contribution in [1.82, 2.24) is 19.4 Å². The highest BCUT2D eigenvalue weighted by Gasteiger charge is 2.12. The number of pyridine rings is 1. The molecule has 0 saturated carbocycles. The van der Waals surface area contributed by atoms with Gasteiger partial charge in [-0.25, -0.2) is 15.0 Å². The molecule has 3 aromatic heterocycles. The van der Waals surface area contributed by atoms with E-state index in [1.54, 1.807) is 28.9 Å². The zero-order valence-electron chi connectivity index (χ0n) is 9.38. The van der Waals surface area contributed by atoms with Gasteiger partial charge in [-0.15, -0.1) is 0 Å². The van der Waals surface area contributed by atoms with Gasteiger partial charge in [-0.05, 0) is 23.7 Å². The Hall–Kier alpha value is -2.16. The lowest BCUT2D eigenvalue weighted by atomic mass is 10.3. The van der Waals surface area contributed by atoms with Gasteiger partial charge in [0.1, 0.15) is 11.3 Å². The third kappa shape index (κ3) is 2.01. The molecule has 3 aromatic rings. The van der Waals surface area contributed by atoms with E-state index in [9.17, 15) is 0 Å². The summed E-state index contributed by atoms with van der Waals surface area (Å²) in [5.41, 5.74) is 2.36. The molecule has 5 nitrogen and oxygen atoms in total. The van der Waals surface area contributed by atoms with Crippen LogP contribution in [0.5, 0.6) is 0 Å². The Morgan fingerprint density at radius 2 is 2.05 bits per heavy atom. The minimum absolute atomic E-state index is 0.114. The van der Waals surface area contributed by atoms with Crippen LogP contribution in [0.3, 0.4) is 0 Å².